The van der Waals surface area contributed by atoms with Crippen molar-refractivity contribution in [3.05, 3.63) is 64.0 Å². The molecule has 0 N–H and O–H groups in total. The summed E-state index contributed by atoms with van der Waals surface area (Å²) in [6, 6.07) is 14.3. The number of hydrogen-bond acceptors (Lipinski definition) is 3. The third-order valence-electron chi connectivity index (χ3n) is 4.40. The predicted molar refractivity (Wildman–Crippen MR) is 106 cm³/mol. The summed E-state index contributed by atoms with van der Waals surface area (Å²) < 4.78 is 8.70. The lowest BCUT2D eigenvalue weighted by Crippen LogP contribution is -2.20. The van der Waals surface area contributed by atoms with E-state index < -0.39 is 0 Å². The zero-order chi connectivity index (χ0) is 18.5. The maximum absolute atomic E-state index is 12.5. The molecule has 136 valence electrons. The van der Waals surface area contributed by atoms with Gasteiger partial charge in [-0.05, 0) is 49.6 Å². The van der Waals surface area contributed by atoms with Crippen LogP contribution < -0.4 is 4.80 Å². The number of carbonyl (C=O) groups is 1. The Labute approximate surface area is 157 Å². The molecule has 0 saturated heterocycles. The van der Waals surface area contributed by atoms with Crippen molar-refractivity contribution in [3.8, 4) is 0 Å². The van der Waals surface area contributed by atoms with Gasteiger partial charge >= 0.3 is 0 Å². The van der Waals surface area contributed by atoms with Gasteiger partial charge in [0.05, 0.1) is 23.2 Å². The monoisotopic (exact) mass is 368 g/mol. The fourth-order valence-corrected chi connectivity index (χ4v) is 3.93. The summed E-state index contributed by atoms with van der Waals surface area (Å²) in [6.07, 6.45) is 0.320. The van der Waals surface area contributed by atoms with Gasteiger partial charge in [0.15, 0.2) is 4.80 Å². The summed E-state index contributed by atoms with van der Waals surface area (Å²) in [5.74, 6) is -0.120. The maximum atomic E-state index is 12.5. The zero-order valence-corrected chi connectivity index (χ0v) is 16.3. The van der Waals surface area contributed by atoms with Crippen LogP contribution in [0, 0.1) is 13.8 Å². The van der Waals surface area contributed by atoms with E-state index in [4.69, 9.17) is 4.74 Å². The second-order valence-electron chi connectivity index (χ2n) is 6.30. The fourth-order valence-electron chi connectivity index (χ4n) is 2.86. The first-order valence-electron chi connectivity index (χ1n) is 8.88. The first-order chi connectivity index (χ1) is 12.6. The van der Waals surface area contributed by atoms with E-state index in [2.05, 4.69) is 47.7 Å². The molecule has 0 unspecified atom stereocenters. The Morgan fingerprint density at radius 1 is 1.15 bits per heavy atom. The molecule has 0 saturated carbocycles. The van der Waals surface area contributed by atoms with E-state index in [1.165, 1.54) is 11.1 Å². The van der Waals surface area contributed by atoms with Gasteiger partial charge in [-0.3, -0.25) is 4.79 Å². The van der Waals surface area contributed by atoms with Crippen LogP contribution in [0.1, 0.15) is 23.6 Å². The quantitative estimate of drug-likeness (QED) is 0.617. The topological polar surface area (TPSA) is 43.6 Å². The van der Waals surface area contributed by atoms with Crippen LogP contribution in [0.4, 0.5) is 0 Å². The minimum absolute atomic E-state index is 0.120. The molecule has 0 aliphatic heterocycles. The van der Waals surface area contributed by atoms with Gasteiger partial charge in [-0.1, -0.05) is 41.7 Å². The van der Waals surface area contributed by atoms with E-state index in [1.54, 1.807) is 11.3 Å². The molecule has 4 nitrogen and oxygen atoms in total. The standard InChI is InChI=1S/C21H24N2O2S/c1-4-25-12-11-23-18-7-5-6-8-19(18)26-21(23)22-20(24)14-17-10-9-15(2)16(3)13-17/h5-10,13H,4,11-12,14H2,1-3H3. The lowest BCUT2D eigenvalue weighted by Gasteiger charge is -2.05. The van der Waals surface area contributed by atoms with Crippen LogP contribution in [0.15, 0.2) is 47.5 Å². The van der Waals surface area contributed by atoms with Gasteiger partial charge in [0.1, 0.15) is 0 Å². The number of para-hydroxylation sites is 1. The second kappa shape index (κ2) is 8.43. The van der Waals surface area contributed by atoms with E-state index in [0.717, 1.165) is 20.6 Å². The van der Waals surface area contributed by atoms with E-state index in [0.29, 0.717) is 26.2 Å². The normalized spacial score (nSPS) is 12.0. The third-order valence-corrected chi connectivity index (χ3v) is 5.46. The Bertz CT molecular complexity index is 985. The van der Waals surface area contributed by atoms with Gasteiger partial charge in [0.2, 0.25) is 0 Å². The molecule has 1 heterocycles. The molecule has 1 amide bonds. The highest BCUT2D eigenvalue weighted by atomic mass is 32.1. The van der Waals surface area contributed by atoms with Gasteiger partial charge in [-0.15, -0.1) is 0 Å². The number of hydrogen-bond donors (Lipinski definition) is 0. The van der Waals surface area contributed by atoms with Crippen molar-refractivity contribution < 1.29 is 9.53 Å². The van der Waals surface area contributed by atoms with E-state index in [9.17, 15) is 4.79 Å². The number of amides is 1. The summed E-state index contributed by atoms with van der Waals surface area (Å²) in [7, 11) is 0. The first-order valence-corrected chi connectivity index (χ1v) is 9.70. The third kappa shape index (κ3) is 4.29. The number of nitrogens with zero attached hydrogens (tertiary/aromatic N) is 2. The number of fused-ring (bicyclic) bond motifs is 1. The van der Waals surface area contributed by atoms with Crippen LogP contribution in [0.25, 0.3) is 10.2 Å². The average molecular weight is 369 g/mol. The number of rotatable bonds is 6. The maximum Gasteiger partial charge on any atom is 0.252 e. The molecule has 0 fully saturated rings. The van der Waals surface area contributed by atoms with Crippen LogP contribution in [-0.2, 0) is 22.5 Å². The van der Waals surface area contributed by atoms with E-state index in [-0.39, 0.29) is 5.91 Å². The molecule has 0 spiro atoms. The average Bonchev–Trinajstić information content (AvgIpc) is 2.96. The molecular weight excluding hydrogens is 344 g/mol. The molecule has 0 radical (unpaired) electrons. The summed E-state index contributed by atoms with van der Waals surface area (Å²) >= 11 is 1.55. The number of ether oxygens (including phenoxy) is 1. The minimum atomic E-state index is -0.120. The van der Waals surface area contributed by atoms with Crippen LogP contribution in [0.2, 0.25) is 0 Å². The van der Waals surface area contributed by atoms with E-state index in [1.807, 2.05) is 25.1 Å². The highest BCUT2D eigenvalue weighted by Crippen LogP contribution is 2.17. The van der Waals surface area contributed by atoms with Crippen LogP contribution in [0.5, 0.6) is 0 Å². The fraction of sp³-hybridized carbons (Fsp3) is 0.333. The lowest BCUT2D eigenvalue weighted by molar-refractivity contribution is -0.117. The largest absolute Gasteiger partial charge is 0.380 e. The molecule has 2 aromatic carbocycles. The van der Waals surface area contributed by atoms with Crippen molar-refractivity contribution in [2.45, 2.75) is 33.7 Å². The highest BCUT2D eigenvalue weighted by Gasteiger charge is 2.08. The zero-order valence-electron chi connectivity index (χ0n) is 15.5. The Morgan fingerprint density at radius 3 is 2.73 bits per heavy atom. The predicted octanol–water partition coefficient (Wildman–Crippen LogP) is 4.03. The Morgan fingerprint density at radius 2 is 1.96 bits per heavy atom. The van der Waals surface area contributed by atoms with Crippen molar-refractivity contribution in [1.82, 2.24) is 4.57 Å². The van der Waals surface area contributed by atoms with Crippen molar-refractivity contribution in [1.29, 1.82) is 0 Å². The van der Waals surface area contributed by atoms with Gasteiger partial charge in [0, 0.05) is 13.2 Å². The number of aromatic nitrogens is 1. The number of benzene rings is 2. The molecule has 0 atom stereocenters. The van der Waals surface area contributed by atoms with Crippen LogP contribution >= 0.6 is 11.3 Å². The van der Waals surface area contributed by atoms with Crippen molar-refractivity contribution in [3.63, 3.8) is 0 Å². The van der Waals surface area contributed by atoms with E-state index >= 15 is 0 Å². The molecular formula is C21H24N2O2S. The van der Waals surface area contributed by atoms with Gasteiger partial charge in [-0.25, -0.2) is 0 Å². The minimum Gasteiger partial charge on any atom is -0.380 e. The Balaban J connectivity index is 1.90. The van der Waals surface area contributed by atoms with Crippen molar-refractivity contribution in [2.24, 2.45) is 4.99 Å². The molecule has 1 aromatic heterocycles. The smallest absolute Gasteiger partial charge is 0.252 e. The summed E-state index contributed by atoms with van der Waals surface area (Å²) in [5.41, 5.74) is 4.53. The SMILES string of the molecule is CCOCCn1c(=NC(=O)Cc2ccc(C)c(C)c2)sc2ccccc21. The van der Waals surface area contributed by atoms with Crippen LogP contribution in [0.3, 0.4) is 0 Å². The number of carbonyl (C=O) groups excluding carboxylic acids is 1. The van der Waals surface area contributed by atoms with Gasteiger partial charge < -0.3 is 9.30 Å². The molecule has 0 bridgehead atoms. The highest BCUT2D eigenvalue weighted by molar-refractivity contribution is 7.16. The summed E-state index contributed by atoms with van der Waals surface area (Å²) in [6.45, 7) is 8.09. The number of aryl methyl sites for hydroxylation is 2. The van der Waals surface area contributed by atoms with Crippen LogP contribution in [-0.4, -0.2) is 23.7 Å². The summed E-state index contributed by atoms with van der Waals surface area (Å²) in [4.78, 5) is 17.7. The molecule has 26 heavy (non-hydrogen) atoms. The molecule has 0 aliphatic rings. The molecule has 3 rings (SSSR count). The molecule has 5 heteroatoms. The van der Waals surface area contributed by atoms with Crippen molar-refractivity contribution >= 4 is 27.5 Å². The molecule has 3 aromatic rings. The lowest BCUT2D eigenvalue weighted by atomic mass is 10.0. The Hall–Kier alpha value is -2.24. The van der Waals surface area contributed by atoms with Gasteiger partial charge in [-0.2, -0.15) is 4.99 Å². The van der Waals surface area contributed by atoms with Crippen molar-refractivity contribution in [2.75, 3.05) is 13.2 Å². The number of thiazole rings is 1. The Kier molecular flexibility index (Phi) is 6.01. The summed E-state index contributed by atoms with van der Waals surface area (Å²) in [5, 5.41) is 0. The van der Waals surface area contributed by atoms with Gasteiger partial charge in [0.25, 0.3) is 5.91 Å². The molecule has 0 aliphatic carbocycles. The second-order valence-corrected chi connectivity index (χ2v) is 7.31. The first kappa shape index (κ1) is 18.5.